The maximum atomic E-state index is 12.4. The Morgan fingerprint density at radius 2 is 1.77 bits per heavy atom. The van der Waals surface area contributed by atoms with Gasteiger partial charge in [-0.3, -0.25) is 9.36 Å². The van der Waals surface area contributed by atoms with Crippen LogP contribution >= 0.6 is 11.6 Å². The topological polar surface area (TPSA) is 38.1 Å². The molecule has 0 atom stereocenters. The molecule has 156 valence electrons. The molecule has 2 aromatic carbocycles. The second-order valence-electron chi connectivity index (χ2n) is 8.32. The van der Waals surface area contributed by atoms with Gasteiger partial charge in [0.1, 0.15) is 5.82 Å². The van der Waals surface area contributed by atoms with Gasteiger partial charge in [0.25, 0.3) is 5.56 Å². The normalized spacial score (nSPS) is 14.9. The maximum Gasteiger partial charge on any atom is 0.258 e. The van der Waals surface area contributed by atoms with Crippen LogP contribution in [0.15, 0.2) is 53.3 Å². The number of piperidine rings is 1. The Kier molecular flexibility index (Phi) is 5.96. The lowest BCUT2D eigenvalue weighted by molar-refractivity contribution is 0.403. The lowest BCUT2D eigenvalue weighted by atomic mass is 9.88. The molecule has 1 fully saturated rings. The van der Waals surface area contributed by atoms with Crippen LogP contribution in [0.2, 0.25) is 5.02 Å². The Morgan fingerprint density at radius 3 is 2.43 bits per heavy atom. The monoisotopic (exact) mass is 421 g/mol. The van der Waals surface area contributed by atoms with Gasteiger partial charge in [-0.05, 0) is 75.3 Å². The van der Waals surface area contributed by atoms with Crippen LogP contribution < -0.4 is 10.5 Å². The van der Waals surface area contributed by atoms with Crippen molar-refractivity contribution >= 4 is 17.3 Å². The molecular weight excluding hydrogens is 394 g/mol. The highest BCUT2D eigenvalue weighted by Gasteiger charge is 2.22. The third-order valence-corrected chi connectivity index (χ3v) is 6.43. The lowest BCUT2D eigenvalue weighted by Crippen LogP contribution is -2.34. The van der Waals surface area contributed by atoms with E-state index in [1.807, 2.05) is 32.0 Å². The molecular formula is C25H28ClN3O. The van der Waals surface area contributed by atoms with Crippen LogP contribution in [-0.4, -0.2) is 22.6 Å². The van der Waals surface area contributed by atoms with E-state index in [-0.39, 0.29) is 5.56 Å². The number of aromatic nitrogens is 2. The Labute approximate surface area is 183 Å². The van der Waals surface area contributed by atoms with E-state index >= 15 is 0 Å². The number of hydrogen-bond donors (Lipinski definition) is 0. The van der Waals surface area contributed by atoms with Crippen molar-refractivity contribution in [1.82, 2.24) is 9.55 Å². The molecule has 2 heterocycles. The van der Waals surface area contributed by atoms with Crippen molar-refractivity contribution in [2.24, 2.45) is 5.92 Å². The van der Waals surface area contributed by atoms with Gasteiger partial charge in [-0.2, -0.15) is 0 Å². The molecule has 0 aliphatic carbocycles. The number of aryl methyl sites for hydroxylation is 3. The summed E-state index contributed by atoms with van der Waals surface area (Å²) in [5.74, 6) is 1.38. The maximum absolute atomic E-state index is 12.4. The van der Waals surface area contributed by atoms with Crippen LogP contribution in [0.3, 0.4) is 0 Å². The first-order valence-electron chi connectivity index (χ1n) is 10.6. The second kappa shape index (κ2) is 8.65. The number of benzene rings is 2. The number of nitrogens with zero attached hydrogens (tertiary/aromatic N) is 3. The van der Waals surface area contributed by atoms with E-state index < -0.39 is 0 Å². The van der Waals surface area contributed by atoms with E-state index in [1.54, 1.807) is 10.6 Å². The van der Waals surface area contributed by atoms with Crippen molar-refractivity contribution in [3.05, 3.63) is 86.6 Å². The summed E-state index contributed by atoms with van der Waals surface area (Å²) in [6.07, 6.45) is 3.47. The number of hydrogen-bond acceptors (Lipinski definition) is 3. The van der Waals surface area contributed by atoms with Gasteiger partial charge in [-0.25, -0.2) is 4.98 Å². The highest BCUT2D eigenvalue weighted by Crippen LogP contribution is 2.32. The van der Waals surface area contributed by atoms with E-state index in [2.05, 4.69) is 41.1 Å². The second-order valence-corrected chi connectivity index (χ2v) is 8.72. The molecule has 1 aromatic heterocycles. The van der Waals surface area contributed by atoms with Gasteiger partial charge in [0, 0.05) is 24.8 Å². The fraction of sp³-hybridized carbons (Fsp3) is 0.360. The first-order valence-corrected chi connectivity index (χ1v) is 11.0. The number of halogens is 1. The summed E-state index contributed by atoms with van der Waals surface area (Å²) in [6.45, 7) is 7.87. The fourth-order valence-corrected chi connectivity index (χ4v) is 4.77. The van der Waals surface area contributed by atoms with Gasteiger partial charge in [-0.15, -0.1) is 0 Å². The Morgan fingerprint density at radius 1 is 1.03 bits per heavy atom. The quantitative estimate of drug-likeness (QED) is 0.575. The van der Waals surface area contributed by atoms with E-state index in [0.717, 1.165) is 49.4 Å². The molecule has 1 aliphatic heterocycles. The zero-order valence-electron chi connectivity index (χ0n) is 17.9. The first kappa shape index (κ1) is 20.7. The predicted molar refractivity (Wildman–Crippen MR) is 124 cm³/mol. The summed E-state index contributed by atoms with van der Waals surface area (Å²) in [5.41, 5.74) is 5.29. The molecule has 0 unspecified atom stereocenters. The zero-order chi connectivity index (χ0) is 21.3. The fourth-order valence-electron chi connectivity index (χ4n) is 4.47. The Bertz CT molecular complexity index is 1110. The smallest absolute Gasteiger partial charge is 0.258 e. The predicted octanol–water partition coefficient (Wildman–Crippen LogP) is 5.27. The van der Waals surface area contributed by atoms with Crippen molar-refractivity contribution < 1.29 is 0 Å². The third-order valence-electron chi connectivity index (χ3n) is 6.13. The van der Waals surface area contributed by atoms with Gasteiger partial charge in [0.15, 0.2) is 0 Å². The van der Waals surface area contributed by atoms with E-state index in [0.29, 0.717) is 16.8 Å². The van der Waals surface area contributed by atoms with Crippen molar-refractivity contribution in [2.75, 3.05) is 18.0 Å². The highest BCUT2D eigenvalue weighted by atomic mass is 35.5. The number of rotatable bonds is 4. The average molecular weight is 422 g/mol. The summed E-state index contributed by atoms with van der Waals surface area (Å²) in [5, 5.41) is 0.678. The van der Waals surface area contributed by atoms with Crippen LogP contribution in [-0.2, 0) is 6.42 Å². The van der Waals surface area contributed by atoms with Crippen molar-refractivity contribution in [1.29, 1.82) is 0 Å². The summed E-state index contributed by atoms with van der Waals surface area (Å²) in [4.78, 5) is 19.2. The van der Waals surface area contributed by atoms with Gasteiger partial charge >= 0.3 is 0 Å². The molecule has 5 heteroatoms. The minimum Gasteiger partial charge on any atom is -0.370 e. The molecule has 3 aromatic rings. The summed E-state index contributed by atoms with van der Waals surface area (Å²) < 4.78 is 1.61. The lowest BCUT2D eigenvalue weighted by Gasteiger charge is -2.34. The summed E-state index contributed by atoms with van der Waals surface area (Å²) in [7, 11) is 0. The molecule has 1 saturated heterocycles. The first-order chi connectivity index (χ1) is 14.4. The molecule has 30 heavy (non-hydrogen) atoms. The molecule has 4 nitrogen and oxygen atoms in total. The van der Waals surface area contributed by atoms with E-state index in [1.165, 1.54) is 11.1 Å². The zero-order valence-corrected chi connectivity index (χ0v) is 18.6. The van der Waals surface area contributed by atoms with Crippen molar-refractivity contribution in [3.8, 4) is 5.69 Å². The summed E-state index contributed by atoms with van der Waals surface area (Å²) in [6, 6.07) is 16.1. The highest BCUT2D eigenvalue weighted by molar-refractivity contribution is 6.33. The Hall–Kier alpha value is -2.59. The minimum absolute atomic E-state index is 0.0826. The minimum atomic E-state index is -0.0826. The Balaban J connectivity index is 1.47. The molecule has 0 radical (unpaired) electrons. The van der Waals surface area contributed by atoms with Crippen LogP contribution in [0.25, 0.3) is 5.69 Å². The van der Waals surface area contributed by atoms with Crippen LogP contribution in [0, 0.1) is 26.7 Å². The van der Waals surface area contributed by atoms with Gasteiger partial charge in [0.05, 0.1) is 16.4 Å². The van der Waals surface area contributed by atoms with Gasteiger partial charge < -0.3 is 4.90 Å². The van der Waals surface area contributed by atoms with E-state index in [9.17, 15) is 4.79 Å². The van der Waals surface area contributed by atoms with Crippen LogP contribution in [0.4, 0.5) is 5.69 Å². The molecule has 0 bridgehead atoms. The van der Waals surface area contributed by atoms with Crippen molar-refractivity contribution in [2.45, 2.75) is 40.0 Å². The van der Waals surface area contributed by atoms with Crippen LogP contribution in [0.5, 0.6) is 0 Å². The molecule has 0 amide bonds. The molecule has 0 N–H and O–H groups in total. The van der Waals surface area contributed by atoms with Gasteiger partial charge in [0.2, 0.25) is 0 Å². The number of anilines is 1. The molecule has 4 rings (SSSR count). The van der Waals surface area contributed by atoms with Crippen molar-refractivity contribution in [3.63, 3.8) is 0 Å². The third kappa shape index (κ3) is 4.29. The SMILES string of the molecule is Cc1cc(=O)n(-c2ccc(N3CCC(Cc4ccccc4C)CC3)c(Cl)c2)c(C)n1. The standard InChI is InChI=1S/C25H28ClN3O/c1-17-6-4-5-7-21(17)15-20-10-12-28(13-11-20)24-9-8-22(16-23(24)26)29-19(3)27-18(2)14-25(29)30/h4-9,14,16,20H,10-13,15H2,1-3H3. The van der Waals surface area contributed by atoms with E-state index in [4.69, 9.17) is 11.6 Å². The molecule has 0 saturated carbocycles. The molecule has 1 aliphatic rings. The average Bonchev–Trinajstić information content (AvgIpc) is 2.70. The van der Waals surface area contributed by atoms with Crippen LogP contribution in [0.1, 0.15) is 35.5 Å². The summed E-state index contributed by atoms with van der Waals surface area (Å²) >= 11 is 6.66. The van der Waals surface area contributed by atoms with Gasteiger partial charge in [-0.1, -0.05) is 35.9 Å². The molecule has 0 spiro atoms. The largest absolute Gasteiger partial charge is 0.370 e.